The van der Waals surface area contributed by atoms with Gasteiger partial charge < -0.3 is 10.2 Å². The van der Waals surface area contributed by atoms with Crippen LogP contribution in [0.15, 0.2) is 24.3 Å². The van der Waals surface area contributed by atoms with Crippen molar-refractivity contribution in [1.29, 1.82) is 0 Å². The molecule has 9 heteroatoms. The second-order valence-corrected chi connectivity index (χ2v) is 4.85. The molecule has 1 aromatic rings. The highest BCUT2D eigenvalue weighted by molar-refractivity contribution is 7.30. The number of hydrogen-bond donors (Lipinski definition) is 1. The zero-order valence-electron chi connectivity index (χ0n) is 12.1. The first kappa shape index (κ1) is 20.5. The molecule has 0 spiro atoms. The van der Waals surface area contributed by atoms with Crippen molar-refractivity contribution in [3.05, 3.63) is 29.8 Å². The summed E-state index contributed by atoms with van der Waals surface area (Å²) in [6, 6.07) is 5.09. The van der Waals surface area contributed by atoms with Crippen molar-refractivity contribution in [1.82, 2.24) is 0 Å². The van der Waals surface area contributed by atoms with Gasteiger partial charge in [-0.15, -0.1) is 4.52 Å². The Morgan fingerprint density at radius 2 is 1.73 bits per heavy atom. The number of rotatable bonds is 5. The molecule has 1 rings (SSSR count). The second-order valence-electron chi connectivity index (χ2n) is 4.15. The molecule has 1 aromatic carbocycles. The number of anilines is 1. The Morgan fingerprint density at radius 1 is 1.23 bits per heavy atom. The number of carbonyl (C=O) groups is 1. The number of nitrogens with one attached hydrogen (secondary N) is 1. The summed E-state index contributed by atoms with van der Waals surface area (Å²) in [6.07, 6.45) is -2.32. The summed E-state index contributed by atoms with van der Waals surface area (Å²) >= 11 is 0. The van der Waals surface area contributed by atoms with Crippen molar-refractivity contribution in [3.8, 4) is 0 Å². The quantitative estimate of drug-likeness (QED) is 0.833. The SMILES string of the molecule is CCCC.O=C(Nc1ccc(CO[P+](=O)[O-])cc1)C(F)(F)F. The lowest BCUT2D eigenvalue weighted by atomic mass is 10.2. The summed E-state index contributed by atoms with van der Waals surface area (Å²) in [6.45, 7) is 4.15. The summed E-state index contributed by atoms with van der Waals surface area (Å²) in [5.41, 5.74) is 0.395. The van der Waals surface area contributed by atoms with Crippen molar-refractivity contribution in [2.75, 3.05) is 5.32 Å². The molecular weight excluding hydrogens is 322 g/mol. The standard InChI is InChI=1S/C9H7F3NO4P.C4H10/c10-9(11,12)8(14)13-7-3-1-6(2-4-7)5-17-18(15)16;1-3-4-2/h1-4H,5H2,(H,13,14);3-4H2,1-2H3. The smallest absolute Gasteiger partial charge is 0.488 e. The number of amides is 1. The maximum absolute atomic E-state index is 11.9. The van der Waals surface area contributed by atoms with E-state index in [0.29, 0.717) is 5.56 Å². The molecule has 0 aliphatic heterocycles. The van der Waals surface area contributed by atoms with E-state index in [1.54, 1.807) is 5.32 Å². The van der Waals surface area contributed by atoms with Crippen molar-refractivity contribution in [2.45, 2.75) is 39.5 Å². The van der Waals surface area contributed by atoms with Crippen LogP contribution >= 0.6 is 8.25 Å². The highest BCUT2D eigenvalue weighted by Gasteiger charge is 2.38. The zero-order chi connectivity index (χ0) is 17.2. The Bertz CT molecular complexity index is 475. The molecule has 1 atom stereocenters. The van der Waals surface area contributed by atoms with Gasteiger partial charge in [0.2, 0.25) is 0 Å². The highest BCUT2D eigenvalue weighted by atomic mass is 31.1. The van der Waals surface area contributed by atoms with Gasteiger partial charge in [0.15, 0.2) is 0 Å². The average Bonchev–Trinajstić information content (AvgIpc) is 2.45. The van der Waals surface area contributed by atoms with E-state index in [9.17, 15) is 27.4 Å². The lowest BCUT2D eigenvalue weighted by Gasteiger charge is -2.08. The van der Waals surface area contributed by atoms with Crippen LogP contribution < -0.4 is 10.2 Å². The van der Waals surface area contributed by atoms with Crippen LogP contribution in [0, 0.1) is 0 Å². The predicted molar refractivity (Wildman–Crippen MR) is 74.1 cm³/mol. The van der Waals surface area contributed by atoms with Gasteiger partial charge in [-0.1, -0.05) is 38.8 Å². The number of alkyl halides is 3. The minimum Gasteiger partial charge on any atom is -0.566 e. The van der Waals surface area contributed by atoms with Gasteiger partial charge in [-0.25, -0.2) is 0 Å². The van der Waals surface area contributed by atoms with E-state index in [4.69, 9.17) is 0 Å². The summed E-state index contributed by atoms with van der Waals surface area (Å²) < 4.78 is 50.2. The number of unbranched alkanes of at least 4 members (excludes halogenated alkanes) is 1. The van der Waals surface area contributed by atoms with E-state index >= 15 is 0 Å². The number of benzene rings is 1. The molecule has 1 N–H and O–H groups in total. The van der Waals surface area contributed by atoms with Gasteiger partial charge in [-0.2, -0.15) is 13.2 Å². The first-order valence-corrected chi connectivity index (χ1v) is 7.54. The Balaban J connectivity index is 0.000000980. The molecule has 0 aliphatic rings. The molecule has 0 saturated carbocycles. The third-order valence-corrected chi connectivity index (χ3v) is 2.65. The maximum Gasteiger partial charge on any atom is 0.488 e. The van der Waals surface area contributed by atoms with Crippen LogP contribution in [0.4, 0.5) is 18.9 Å². The van der Waals surface area contributed by atoms with E-state index < -0.39 is 20.3 Å². The normalized spacial score (nSPS) is 11.3. The van der Waals surface area contributed by atoms with Gasteiger partial charge in [0.1, 0.15) is 6.61 Å². The molecular formula is C13H17F3NO4P. The van der Waals surface area contributed by atoms with E-state index in [1.165, 1.54) is 37.1 Å². The molecule has 0 saturated heterocycles. The predicted octanol–water partition coefficient (Wildman–Crippen LogP) is 3.53. The second kappa shape index (κ2) is 10.3. The van der Waals surface area contributed by atoms with Crippen molar-refractivity contribution >= 4 is 19.8 Å². The molecule has 5 nitrogen and oxygen atoms in total. The number of hydrogen-bond acceptors (Lipinski definition) is 4. The molecule has 1 unspecified atom stereocenters. The van der Waals surface area contributed by atoms with Gasteiger partial charge in [-0.3, -0.25) is 4.79 Å². The van der Waals surface area contributed by atoms with E-state index in [1.807, 2.05) is 0 Å². The molecule has 0 radical (unpaired) electrons. The van der Waals surface area contributed by atoms with Gasteiger partial charge in [0, 0.05) is 5.69 Å². The Kier molecular flexibility index (Phi) is 9.56. The molecule has 0 aliphatic carbocycles. The van der Waals surface area contributed by atoms with Crippen LogP contribution in [0.3, 0.4) is 0 Å². The van der Waals surface area contributed by atoms with Gasteiger partial charge in [0.25, 0.3) is 0 Å². The molecule has 124 valence electrons. The van der Waals surface area contributed by atoms with Crippen molar-refractivity contribution in [3.63, 3.8) is 0 Å². The van der Waals surface area contributed by atoms with Crippen molar-refractivity contribution in [2.24, 2.45) is 0 Å². The van der Waals surface area contributed by atoms with Crippen LogP contribution in [0.1, 0.15) is 32.3 Å². The molecule has 0 aromatic heterocycles. The fourth-order valence-corrected chi connectivity index (χ4v) is 1.27. The van der Waals surface area contributed by atoms with Gasteiger partial charge >= 0.3 is 20.3 Å². The molecule has 22 heavy (non-hydrogen) atoms. The molecule has 0 heterocycles. The third-order valence-electron chi connectivity index (χ3n) is 2.31. The molecule has 0 bridgehead atoms. The molecule has 0 fully saturated rings. The van der Waals surface area contributed by atoms with Crippen LogP contribution in [-0.2, 0) is 20.5 Å². The maximum atomic E-state index is 11.9. The van der Waals surface area contributed by atoms with Crippen LogP contribution in [0.2, 0.25) is 0 Å². The average molecular weight is 339 g/mol. The topological polar surface area (TPSA) is 78.5 Å². The summed E-state index contributed by atoms with van der Waals surface area (Å²) in [7, 11) is -2.98. The summed E-state index contributed by atoms with van der Waals surface area (Å²) in [5, 5.41) is 1.65. The van der Waals surface area contributed by atoms with Crippen LogP contribution in [0.25, 0.3) is 0 Å². The monoisotopic (exact) mass is 339 g/mol. The minimum atomic E-state index is -4.96. The van der Waals surface area contributed by atoms with E-state index in [0.717, 1.165) is 0 Å². The number of halogens is 3. The highest BCUT2D eigenvalue weighted by Crippen LogP contribution is 2.19. The fraction of sp³-hybridized carbons (Fsp3) is 0.462. The van der Waals surface area contributed by atoms with E-state index in [2.05, 4.69) is 18.4 Å². The lowest BCUT2D eigenvalue weighted by Crippen LogP contribution is -2.29. The lowest BCUT2D eigenvalue weighted by molar-refractivity contribution is -0.186. The molecule has 1 amide bonds. The zero-order valence-corrected chi connectivity index (χ0v) is 13.0. The Labute approximate surface area is 127 Å². The summed E-state index contributed by atoms with van der Waals surface area (Å²) in [5.74, 6) is -2.07. The van der Waals surface area contributed by atoms with Crippen LogP contribution in [0.5, 0.6) is 0 Å². The Morgan fingerprint density at radius 3 is 2.09 bits per heavy atom. The minimum absolute atomic E-state index is 0.0485. The largest absolute Gasteiger partial charge is 0.566 e. The van der Waals surface area contributed by atoms with Crippen molar-refractivity contribution < 1.29 is 31.9 Å². The van der Waals surface area contributed by atoms with E-state index in [-0.39, 0.29) is 12.3 Å². The first-order chi connectivity index (χ1) is 10.2. The first-order valence-electron chi connectivity index (χ1n) is 6.45. The fourth-order valence-electron chi connectivity index (χ4n) is 1.01. The third kappa shape index (κ3) is 9.44. The van der Waals surface area contributed by atoms with Gasteiger partial charge in [-0.05, 0) is 22.3 Å². The summed E-state index contributed by atoms with van der Waals surface area (Å²) in [4.78, 5) is 20.7. The number of carbonyl (C=O) groups excluding carboxylic acids is 1. The van der Waals surface area contributed by atoms with Crippen LogP contribution in [-0.4, -0.2) is 12.1 Å². The van der Waals surface area contributed by atoms with Gasteiger partial charge in [0.05, 0.1) is 0 Å². The Hall–Kier alpha value is -1.50.